The van der Waals surface area contributed by atoms with Crippen molar-refractivity contribution in [3.63, 3.8) is 0 Å². The van der Waals surface area contributed by atoms with Crippen LogP contribution < -0.4 is 5.32 Å². The fourth-order valence-electron chi connectivity index (χ4n) is 2.40. The van der Waals surface area contributed by atoms with Gasteiger partial charge < -0.3 is 15.0 Å². The molecule has 0 saturated carbocycles. The van der Waals surface area contributed by atoms with E-state index in [0.29, 0.717) is 13.2 Å². The van der Waals surface area contributed by atoms with Crippen molar-refractivity contribution in [1.29, 1.82) is 0 Å². The molecule has 0 spiro atoms. The number of hydrogen-bond acceptors (Lipinski definition) is 3. The minimum Gasteiger partial charge on any atom is -0.366 e. The number of amides is 1. The smallest absolute Gasteiger partial charge is 0.253 e. The molecule has 0 aromatic carbocycles. The van der Waals surface area contributed by atoms with Crippen LogP contribution in [0.4, 0.5) is 0 Å². The maximum absolute atomic E-state index is 12.2. The summed E-state index contributed by atoms with van der Waals surface area (Å²) < 4.78 is 5.51. The zero-order valence-corrected chi connectivity index (χ0v) is 11.1. The van der Waals surface area contributed by atoms with Gasteiger partial charge in [0.15, 0.2) is 0 Å². The SMILES string of the molecule is Cl.O=C(C1CNCCO1)N1CCCCCCC1. The predicted molar refractivity (Wildman–Crippen MR) is 69.5 cm³/mol. The molecule has 2 rings (SSSR count). The Morgan fingerprint density at radius 2 is 1.76 bits per heavy atom. The van der Waals surface area contributed by atoms with E-state index in [-0.39, 0.29) is 24.4 Å². The van der Waals surface area contributed by atoms with Crippen molar-refractivity contribution >= 4 is 18.3 Å². The topological polar surface area (TPSA) is 41.6 Å². The molecule has 4 nitrogen and oxygen atoms in total. The first-order valence-electron chi connectivity index (χ1n) is 6.49. The van der Waals surface area contributed by atoms with Gasteiger partial charge in [-0.25, -0.2) is 0 Å². The lowest BCUT2D eigenvalue weighted by atomic mass is 10.1. The fourth-order valence-corrected chi connectivity index (χ4v) is 2.40. The molecule has 17 heavy (non-hydrogen) atoms. The highest BCUT2D eigenvalue weighted by atomic mass is 35.5. The van der Waals surface area contributed by atoms with Crippen molar-refractivity contribution in [1.82, 2.24) is 10.2 Å². The summed E-state index contributed by atoms with van der Waals surface area (Å²) >= 11 is 0. The largest absolute Gasteiger partial charge is 0.366 e. The first-order valence-corrected chi connectivity index (χ1v) is 6.49. The normalized spacial score (nSPS) is 26.6. The van der Waals surface area contributed by atoms with E-state index in [4.69, 9.17) is 4.74 Å². The Morgan fingerprint density at radius 3 is 2.35 bits per heavy atom. The average Bonchev–Trinajstić information content (AvgIpc) is 2.29. The Bertz CT molecular complexity index is 225. The van der Waals surface area contributed by atoms with Gasteiger partial charge in [-0.15, -0.1) is 12.4 Å². The molecule has 0 aromatic rings. The van der Waals surface area contributed by atoms with E-state index >= 15 is 0 Å². The van der Waals surface area contributed by atoms with Gasteiger partial charge in [-0.1, -0.05) is 19.3 Å². The van der Waals surface area contributed by atoms with Gasteiger partial charge in [0.25, 0.3) is 5.91 Å². The Morgan fingerprint density at radius 1 is 1.12 bits per heavy atom. The number of halogens is 1. The third-order valence-corrected chi connectivity index (χ3v) is 3.37. The zero-order valence-electron chi connectivity index (χ0n) is 10.3. The van der Waals surface area contributed by atoms with Gasteiger partial charge in [-0.3, -0.25) is 4.79 Å². The second-order valence-corrected chi connectivity index (χ2v) is 4.66. The first kappa shape index (κ1) is 14.7. The van der Waals surface area contributed by atoms with Crippen molar-refractivity contribution < 1.29 is 9.53 Å². The summed E-state index contributed by atoms with van der Waals surface area (Å²) in [7, 11) is 0. The van der Waals surface area contributed by atoms with Crippen molar-refractivity contribution in [2.75, 3.05) is 32.8 Å². The van der Waals surface area contributed by atoms with Gasteiger partial charge in [-0.05, 0) is 12.8 Å². The van der Waals surface area contributed by atoms with E-state index < -0.39 is 0 Å². The van der Waals surface area contributed by atoms with Crippen LogP contribution in [0.1, 0.15) is 32.1 Å². The lowest BCUT2D eigenvalue weighted by Crippen LogP contribution is -2.50. The van der Waals surface area contributed by atoms with Gasteiger partial charge >= 0.3 is 0 Å². The van der Waals surface area contributed by atoms with Crippen LogP contribution in [-0.2, 0) is 9.53 Å². The van der Waals surface area contributed by atoms with Crippen molar-refractivity contribution in [2.24, 2.45) is 0 Å². The van der Waals surface area contributed by atoms with Gasteiger partial charge in [0.1, 0.15) is 6.10 Å². The number of carbonyl (C=O) groups excluding carboxylic acids is 1. The summed E-state index contributed by atoms with van der Waals surface area (Å²) in [6.45, 7) is 4.03. The molecule has 2 fully saturated rings. The molecule has 100 valence electrons. The zero-order chi connectivity index (χ0) is 11.2. The van der Waals surface area contributed by atoms with Crippen LogP contribution in [0.3, 0.4) is 0 Å². The van der Waals surface area contributed by atoms with Crippen LogP contribution in [-0.4, -0.2) is 49.7 Å². The standard InChI is InChI=1S/C12H22N2O2.ClH/c15-12(11-10-13-6-9-16-11)14-7-4-2-1-3-5-8-14;/h11,13H,1-10H2;1H. The molecule has 1 amide bonds. The Hall–Kier alpha value is -0.320. The van der Waals surface area contributed by atoms with Crippen LogP contribution >= 0.6 is 12.4 Å². The lowest BCUT2D eigenvalue weighted by molar-refractivity contribution is -0.145. The fraction of sp³-hybridized carbons (Fsp3) is 0.917. The van der Waals surface area contributed by atoms with E-state index in [2.05, 4.69) is 5.32 Å². The minimum atomic E-state index is -0.242. The van der Waals surface area contributed by atoms with Crippen LogP contribution in [0.5, 0.6) is 0 Å². The maximum Gasteiger partial charge on any atom is 0.253 e. The highest BCUT2D eigenvalue weighted by Gasteiger charge is 2.26. The molecule has 2 aliphatic heterocycles. The minimum absolute atomic E-state index is 0. The van der Waals surface area contributed by atoms with E-state index in [9.17, 15) is 4.79 Å². The van der Waals surface area contributed by atoms with Crippen molar-refractivity contribution in [3.05, 3.63) is 0 Å². The highest BCUT2D eigenvalue weighted by molar-refractivity contribution is 5.85. The number of rotatable bonds is 1. The summed E-state index contributed by atoms with van der Waals surface area (Å²) in [6.07, 6.45) is 5.88. The molecule has 5 heteroatoms. The third-order valence-electron chi connectivity index (χ3n) is 3.37. The van der Waals surface area contributed by atoms with Crippen LogP contribution in [0.25, 0.3) is 0 Å². The number of ether oxygens (including phenoxy) is 1. The molecule has 2 heterocycles. The number of carbonyl (C=O) groups is 1. The molecule has 0 radical (unpaired) electrons. The van der Waals surface area contributed by atoms with Crippen molar-refractivity contribution in [3.8, 4) is 0 Å². The number of likely N-dealkylation sites (tertiary alicyclic amines) is 1. The maximum atomic E-state index is 12.2. The van der Waals surface area contributed by atoms with E-state index in [1.807, 2.05) is 4.90 Å². The predicted octanol–water partition coefficient (Wildman–Crippen LogP) is 1.19. The Labute approximate surface area is 109 Å². The molecular formula is C12H23ClN2O2. The molecule has 1 unspecified atom stereocenters. The van der Waals surface area contributed by atoms with E-state index in [1.165, 1.54) is 19.3 Å². The van der Waals surface area contributed by atoms with Crippen LogP contribution in [0.2, 0.25) is 0 Å². The second-order valence-electron chi connectivity index (χ2n) is 4.66. The molecule has 0 aromatic heterocycles. The summed E-state index contributed by atoms with van der Waals surface area (Å²) in [5.74, 6) is 0.189. The monoisotopic (exact) mass is 262 g/mol. The first-order chi connectivity index (χ1) is 7.88. The second kappa shape index (κ2) is 7.90. The molecule has 1 N–H and O–H groups in total. The summed E-state index contributed by atoms with van der Waals surface area (Å²) in [6, 6.07) is 0. The summed E-state index contributed by atoms with van der Waals surface area (Å²) in [5, 5.41) is 3.21. The Kier molecular flexibility index (Phi) is 6.85. The van der Waals surface area contributed by atoms with Crippen LogP contribution in [0, 0.1) is 0 Å². The molecule has 2 aliphatic rings. The third kappa shape index (κ3) is 4.45. The number of nitrogens with one attached hydrogen (secondary N) is 1. The van der Waals surface area contributed by atoms with E-state index in [1.54, 1.807) is 0 Å². The quantitative estimate of drug-likeness (QED) is 0.772. The Balaban J connectivity index is 0.00000144. The lowest BCUT2D eigenvalue weighted by Gasteiger charge is -2.30. The van der Waals surface area contributed by atoms with Gasteiger partial charge in [0.05, 0.1) is 6.61 Å². The van der Waals surface area contributed by atoms with Crippen LogP contribution in [0.15, 0.2) is 0 Å². The summed E-state index contributed by atoms with van der Waals surface area (Å²) in [5.41, 5.74) is 0. The number of morpholine rings is 1. The highest BCUT2D eigenvalue weighted by Crippen LogP contribution is 2.12. The van der Waals surface area contributed by atoms with Gasteiger partial charge in [-0.2, -0.15) is 0 Å². The molecule has 0 bridgehead atoms. The number of hydrogen-bond donors (Lipinski definition) is 1. The van der Waals surface area contributed by atoms with Gasteiger partial charge in [0, 0.05) is 26.2 Å². The van der Waals surface area contributed by atoms with Gasteiger partial charge in [0.2, 0.25) is 0 Å². The molecular weight excluding hydrogens is 240 g/mol. The van der Waals surface area contributed by atoms with E-state index in [0.717, 1.165) is 32.5 Å². The summed E-state index contributed by atoms with van der Waals surface area (Å²) in [4.78, 5) is 14.2. The molecule has 0 aliphatic carbocycles. The number of nitrogens with zero attached hydrogens (tertiary/aromatic N) is 1. The molecule has 1 atom stereocenters. The van der Waals surface area contributed by atoms with Crippen molar-refractivity contribution in [2.45, 2.75) is 38.2 Å². The average molecular weight is 263 g/mol. The molecule has 2 saturated heterocycles.